The van der Waals surface area contributed by atoms with Crippen molar-refractivity contribution >= 4 is 35.2 Å². The van der Waals surface area contributed by atoms with Crippen molar-refractivity contribution in [3.63, 3.8) is 0 Å². The van der Waals surface area contributed by atoms with Crippen LogP contribution in [0.1, 0.15) is 63.0 Å². The van der Waals surface area contributed by atoms with Gasteiger partial charge in [-0.15, -0.1) is 54.1 Å². The Morgan fingerprint density at radius 1 is 0.792 bits per heavy atom. The fourth-order valence-corrected chi connectivity index (χ4v) is 9.06. The molecule has 3 heterocycles. The van der Waals surface area contributed by atoms with Crippen LogP contribution >= 0.6 is 0 Å². The Balaban J connectivity index is 0.000000183. The Hall–Kier alpha value is -4.22. The van der Waals surface area contributed by atoms with Crippen molar-refractivity contribution in [2.75, 3.05) is 0 Å². The van der Waals surface area contributed by atoms with E-state index in [4.69, 9.17) is 9.40 Å². The second-order valence-electron chi connectivity index (χ2n) is 15.5. The van der Waals surface area contributed by atoms with Gasteiger partial charge in [-0.05, 0) is 70.2 Å². The van der Waals surface area contributed by atoms with E-state index in [2.05, 4.69) is 81.1 Å². The number of aromatic nitrogens is 2. The van der Waals surface area contributed by atoms with Crippen LogP contribution in [0.2, 0.25) is 19.6 Å². The van der Waals surface area contributed by atoms with Crippen LogP contribution in [0.3, 0.4) is 0 Å². The molecule has 0 amide bonds. The summed E-state index contributed by atoms with van der Waals surface area (Å²) in [5.41, 5.74) is 9.96. The summed E-state index contributed by atoms with van der Waals surface area (Å²) in [4.78, 5) is 9.33. The van der Waals surface area contributed by atoms with E-state index in [0.717, 1.165) is 61.5 Å². The molecule has 4 aromatic carbocycles. The molecule has 0 saturated heterocycles. The average molecular weight is 895 g/mol. The molecule has 7 aromatic rings. The van der Waals surface area contributed by atoms with Crippen LogP contribution in [-0.4, -0.2) is 18.0 Å². The van der Waals surface area contributed by atoms with Crippen molar-refractivity contribution in [3.05, 3.63) is 139 Å². The van der Waals surface area contributed by atoms with Gasteiger partial charge < -0.3 is 14.4 Å². The van der Waals surface area contributed by atoms with E-state index in [0.29, 0.717) is 5.92 Å². The minimum absolute atomic E-state index is 0. The molecule has 0 aliphatic heterocycles. The summed E-state index contributed by atoms with van der Waals surface area (Å²) < 4.78 is 19.9. The number of hydrogen-bond acceptors (Lipinski definition) is 3. The summed E-state index contributed by atoms with van der Waals surface area (Å²) >= 11 is 0. The fourth-order valence-electron chi connectivity index (χ4n) is 7.47. The third-order valence-electron chi connectivity index (χ3n) is 10.3. The molecule has 6 heteroatoms. The van der Waals surface area contributed by atoms with E-state index in [1.807, 2.05) is 60.8 Å². The summed E-state index contributed by atoms with van der Waals surface area (Å²) in [7, 11) is -1.36. The third-order valence-corrected chi connectivity index (χ3v) is 12.4. The largest absolute Gasteiger partial charge is 0.501 e. The first-order valence-corrected chi connectivity index (χ1v) is 22.2. The molecule has 1 aliphatic rings. The Bertz CT molecular complexity index is 2300. The van der Waals surface area contributed by atoms with E-state index < -0.39 is 8.07 Å². The summed E-state index contributed by atoms with van der Waals surface area (Å²) in [6, 6.07) is 37.8. The third kappa shape index (κ3) is 8.95. The predicted octanol–water partition coefficient (Wildman–Crippen LogP) is 12.6. The maximum Gasteiger partial charge on any atom is 0.123 e. The van der Waals surface area contributed by atoms with Gasteiger partial charge >= 0.3 is 0 Å². The number of halogens is 1. The van der Waals surface area contributed by atoms with E-state index in [9.17, 15) is 4.39 Å². The van der Waals surface area contributed by atoms with Gasteiger partial charge in [0.25, 0.3) is 0 Å². The number of furan rings is 1. The zero-order valence-electron chi connectivity index (χ0n) is 31.3. The Morgan fingerprint density at radius 3 is 2.34 bits per heavy atom. The molecule has 53 heavy (non-hydrogen) atoms. The standard InChI is InChI=1S/C26H19FNO.C21H28NSi.Ir/c1-16(2)17-11-12-28-24(14-17)23-8-4-7-22-21-10-9-19(15-25(21)29-26(22)23)18-5-3-6-20(27)13-18;1-23(2,3)21-16-22-20(18-12-8-5-9-13-18)15-19(21)14-17-10-6-4-7-11-17;/h3-7,9-16H,1-2H3;5,8-9,12,15-17H,4,6-7,10-11,14H2,1-3H3;/q2*-1;. The first-order valence-electron chi connectivity index (χ1n) is 18.7. The van der Waals surface area contributed by atoms with Crippen LogP contribution in [0.25, 0.3) is 55.6 Å². The second kappa shape index (κ2) is 16.8. The first-order chi connectivity index (χ1) is 25.1. The van der Waals surface area contributed by atoms with Crippen molar-refractivity contribution in [2.45, 2.75) is 77.9 Å². The van der Waals surface area contributed by atoms with Crippen molar-refractivity contribution < 1.29 is 28.9 Å². The normalized spacial score (nSPS) is 13.5. The molecule has 0 bridgehead atoms. The average Bonchev–Trinajstić information content (AvgIpc) is 3.54. The zero-order chi connectivity index (χ0) is 36.2. The summed E-state index contributed by atoms with van der Waals surface area (Å²) in [5, 5.41) is 3.59. The number of hydrogen-bond donors (Lipinski definition) is 0. The van der Waals surface area contributed by atoms with E-state index in [1.54, 1.807) is 16.8 Å². The van der Waals surface area contributed by atoms with Crippen LogP contribution in [-0.2, 0) is 26.5 Å². The van der Waals surface area contributed by atoms with Gasteiger partial charge in [0.2, 0.25) is 0 Å². The zero-order valence-corrected chi connectivity index (χ0v) is 34.7. The molecule has 1 saturated carbocycles. The van der Waals surface area contributed by atoms with Gasteiger partial charge in [-0.1, -0.05) is 124 Å². The van der Waals surface area contributed by atoms with Crippen molar-refractivity contribution in [1.82, 2.24) is 9.97 Å². The molecule has 3 aromatic heterocycles. The smallest absolute Gasteiger partial charge is 0.123 e. The molecule has 273 valence electrons. The molecular weight excluding hydrogens is 848 g/mol. The van der Waals surface area contributed by atoms with Crippen LogP contribution in [0.4, 0.5) is 4.39 Å². The van der Waals surface area contributed by atoms with Gasteiger partial charge in [-0.2, -0.15) is 0 Å². The summed E-state index contributed by atoms with van der Waals surface area (Å²) in [5.74, 6) is 1.04. The van der Waals surface area contributed by atoms with Gasteiger partial charge in [0, 0.05) is 37.9 Å². The van der Waals surface area contributed by atoms with Gasteiger partial charge in [0.05, 0.1) is 13.7 Å². The van der Waals surface area contributed by atoms with Gasteiger partial charge in [0.1, 0.15) is 11.4 Å². The predicted molar refractivity (Wildman–Crippen MR) is 217 cm³/mol. The fraction of sp³-hybridized carbons (Fsp3) is 0.277. The summed E-state index contributed by atoms with van der Waals surface area (Å²) in [6.07, 6.45) is 12.3. The van der Waals surface area contributed by atoms with Gasteiger partial charge in [0.15, 0.2) is 0 Å². The molecule has 0 unspecified atom stereocenters. The molecule has 1 radical (unpaired) electrons. The van der Waals surface area contributed by atoms with E-state index in [1.165, 1.54) is 56.2 Å². The number of fused-ring (bicyclic) bond motifs is 3. The van der Waals surface area contributed by atoms with Crippen molar-refractivity contribution in [2.24, 2.45) is 5.92 Å². The molecular formula is C47H47FIrN2OSi-2. The molecule has 0 N–H and O–H groups in total. The Labute approximate surface area is 328 Å². The quantitative estimate of drug-likeness (QED) is 0.118. The SMILES string of the molecule is CC(C)c1ccnc(-c2[c-]ccc3c2oc2cc(-c4cccc(F)c4)ccc23)c1.C[Si](C)(C)c1cnc(-c2[c-]cccc2)cc1CC1CCCCC1.[Ir]. The number of rotatable bonds is 7. The molecule has 0 atom stereocenters. The Morgan fingerprint density at radius 2 is 1.60 bits per heavy atom. The molecule has 0 spiro atoms. The van der Waals surface area contributed by atoms with E-state index in [-0.39, 0.29) is 25.9 Å². The maximum absolute atomic E-state index is 13.6. The number of benzene rings is 4. The molecule has 3 nitrogen and oxygen atoms in total. The van der Waals surface area contributed by atoms with Gasteiger partial charge in [-0.25, -0.2) is 4.39 Å². The van der Waals surface area contributed by atoms with Crippen LogP contribution < -0.4 is 5.19 Å². The van der Waals surface area contributed by atoms with Gasteiger partial charge in [-0.3, -0.25) is 0 Å². The monoisotopic (exact) mass is 895 g/mol. The second-order valence-corrected chi connectivity index (χ2v) is 20.5. The van der Waals surface area contributed by atoms with Crippen LogP contribution in [0.15, 0.2) is 114 Å². The minimum Gasteiger partial charge on any atom is -0.501 e. The van der Waals surface area contributed by atoms with Crippen molar-refractivity contribution in [3.8, 4) is 33.6 Å². The van der Waals surface area contributed by atoms with Crippen LogP contribution in [0, 0.1) is 23.9 Å². The maximum atomic E-state index is 13.6. The Kier molecular flexibility index (Phi) is 12.2. The minimum atomic E-state index is -1.36. The number of nitrogens with zero attached hydrogens (tertiary/aromatic N) is 2. The topological polar surface area (TPSA) is 38.9 Å². The van der Waals surface area contributed by atoms with Crippen LogP contribution in [0.5, 0.6) is 0 Å². The molecule has 1 fully saturated rings. The van der Waals surface area contributed by atoms with Crippen molar-refractivity contribution in [1.29, 1.82) is 0 Å². The summed E-state index contributed by atoms with van der Waals surface area (Å²) in [6.45, 7) is 11.6. The van der Waals surface area contributed by atoms with E-state index >= 15 is 0 Å². The first kappa shape index (κ1) is 38.5. The molecule has 1 aliphatic carbocycles. The number of pyridine rings is 2. The molecule has 8 rings (SSSR count).